The van der Waals surface area contributed by atoms with Crippen LogP contribution in [0.3, 0.4) is 0 Å². The van der Waals surface area contributed by atoms with Gasteiger partial charge in [0.15, 0.2) is 0 Å². The Kier molecular flexibility index (Phi) is 5.47. The van der Waals surface area contributed by atoms with E-state index in [1.165, 1.54) is 44.9 Å². The van der Waals surface area contributed by atoms with Crippen molar-refractivity contribution in [2.75, 3.05) is 6.61 Å². The van der Waals surface area contributed by atoms with E-state index in [4.69, 9.17) is 4.74 Å². The Labute approximate surface area is 136 Å². The molecule has 1 saturated heterocycles. The Bertz CT molecular complexity index is 330. The van der Waals surface area contributed by atoms with Crippen LogP contribution in [0.1, 0.15) is 72.1 Å². The molecule has 3 rings (SSSR count). The molecule has 128 valence electrons. The molecule has 2 saturated carbocycles. The fraction of sp³-hybridized carbons (Fsp3) is 1.00. The van der Waals surface area contributed by atoms with Crippen molar-refractivity contribution >= 4 is 0 Å². The smallest absolute Gasteiger partial charge is 0.103 e. The van der Waals surface area contributed by atoms with Crippen molar-refractivity contribution in [3.63, 3.8) is 0 Å². The lowest BCUT2D eigenvalue weighted by atomic mass is 9.65. The first-order chi connectivity index (χ1) is 10.5. The SMILES string of the molecule is CC1CCC(C2CCC(C3CC(C)C(C)C(F)C3)CC2)OC1. The number of halogens is 1. The molecule has 0 N–H and O–H groups in total. The fourth-order valence-electron chi connectivity index (χ4n) is 5.30. The summed E-state index contributed by atoms with van der Waals surface area (Å²) in [5, 5.41) is 0. The van der Waals surface area contributed by atoms with Crippen molar-refractivity contribution in [2.45, 2.75) is 84.4 Å². The molecule has 22 heavy (non-hydrogen) atoms. The molecule has 1 aliphatic heterocycles. The summed E-state index contributed by atoms with van der Waals surface area (Å²) in [5.74, 6) is 3.80. The lowest BCUT2D eigenvalue weighted by Gasteiger charge is -2.43. The van der Waals surface area contributed by atoms with E-state index in [0.29, 0.717) is 17.9 Å². The summed E-state index contributed by atoms with van der Waals surface area (Å²) in [6.45, 7) is 7.62. The third-order valence-corrected chi connectivity index (χ3v) is 7.22. The van der Waals surface area contributed by atoms with Crippen LogP contribution < -0.4 is 0 Å². The predicted molar refractivity (Wildman–Crippen MR) is 89.5 cm³/mol. The molecular formula is C20H35FO. The maximum atomic E-state index is 14.2. The lowest BCUT2D eigenvalue weighted by Crippen LogP contribution is -2.37. The number of hydrogen-bond donors (Lipinski definition) is 0. The van der Waals surface area contributed by atoms with Gasteiger partial charge in [-0.1, -0.05) is 20.8 Å². The van der Waals surface area contributed by atoms with Crippen LogP contribution in [0.4, 0.5) is 4.39 Å². The van der Waals surface area contributed by atoms with Crippen LogP contribution in [0.2, 0.25) is 0 Å². The van der Waals surface area contributed by atoms with E-state index in [0.717, 1.165) is 30.8 Å². The van der Waals surface area contributed by atoms with E-state index < -0.39 is 6.17 Å². The first-order valence-electron chi connectivity index (χ1n) is 9.80. The molecule has 2 heteroatoms. The average Bonchev–Trinajstić information content (AvgIpc) is 2.53. The molecule has 3 fully saturated rings. The second kappa shape index (κ2) is 7.20. The van der Waals surface area contributed by atoms with E-state index in [2.05, 4.69) is 20.8 Å². The minimum Gasteiger partial charge on any atom is -0.378 e. The predicted octanol–water partition coefficient (Wildman–Crippen LogP) is 5.63. The molecule has 0 aromatic heterocycles. The molecule has 6 atom stereocenters. The minimum atomic E-state index is -0.561. The summed E-state index contributed by atoms with van der Waals surface area (Å²) in [6, 6.07) is 0. The molecule has 0 radical (unpaired) electrons. The van der Waals surface area contributed by atoms with Gasteiger partial charge in [-0.25, -0.2) is 4.39 Å². The lowest BCUT2D eigenvalue weighted by molar-refractivity contribution is -0.0587. The zero-order valence-corrected chi connectivity index (χ0v) is 14.8. The highest BCUT2D eigenvalue weighted by atomic mass is 19.1. The third-order valence-electron chi connectivity index (χ3n) is 7.22. The molecule has 1 heterocycles. The maximum Gasteiger partial charge on any atom is 0.103 e. The van der Waals surface area contributed by atoms with Crippen molar-refractivity contribution < 1.29 is 9.13 Å². The first kappa shape index (κ1) is 16.7. The zero-order valence-electron chi connectivity index (χ0n) is 14.8. The molecule has 3 aliphatic rings. The quantitative estimate of drug-likeness (QED) is 0.642. The Morgan fingerprint density at radius 1 is 0.773 bits per heavy atom. The van der Waals surface area contributed by atoms with Gasteiger partial charge in [0.05, 0.1) is 6.10 Å². The Morgan fingerprint density at radius 3 is 2.05 bits per heavy atom. The molecule has 0 aromatic rings. The second-order valence-electron chi connectivity index (χ2n) is 8.81. The highest BCUT2D eigenvalue weighted by Crippen LogP contribution is 2.45. The summed E-state index contributed by atoms with van der Waals surface area (Å²) < 4.78 is 20.3. The summed E-state index contributed by atoms with van der Waals surface area (Å²) in [4.78, 5) is 0. The van der Waals surface area contributed by atoms with E-state index in [9.17, 15) is 4.39 Å². The van der Waals surface area contributed by atoms with Gasteiger partial charge in [-0.3, -0.25) is 0 Å². The zero-order chi connectivity index (χ0) is 15.7. The molecule has 0 amide bonds. The van der Waals surface area contributed by atoms with Gasteiger partial charge in [-0.15, -0.1) is 0 Å². The molecule has 1 nitrogen and oxygen atoms in total. The monoisotopic (exact) mass is 310 g/mol. The van der Waals surface area contributed by atoms with Gasteiger partial charge in [-0.2, -0.15) is 0 Å². The van der Waals surface area contributed by atoms with Crippen LogP contribution in [0.15, 0.2) is 0 Å². The van der Waals surface area contributed by atoms with Gasteiger partial charge < -0.3 is 4.74 Å². The summed E-state index contributed by atoms with van der Waals surface area (Å²) >= 11 is 0. The van der Waals surface area contributed by atoms with E-state index >= 15 is 0 Å². The van der Waals surface area contributed by atoms with Gasteiger partial charge in [0.1, 0.15) is 6.17 Å². The minimum absolute atomic E-state index is 0.269. The van der Waals surface area contributed by atoms with Crippen molar-refractivity contribution in [1.29, 1.82) is 0 Å². The first-order valence-corrected chi connectivity index (χ1v) is 9.80. The van der Waals surface area contributed by atoms with Crippen LogP contribution in [0, 0.1) is 35.5 Å². The van der Waals surface area contributed by atoms with Gasteiger partial charge in [0, 0.05) is 6.61 Å². The van der Waals surface area contributed by atoms with Crippen LogP contribution in [-0.4, -0.2) is 18.9 Å². The highest BCUT2D eigenvalue weighted by molar-refractivity contribution is 4.89. The highest BCUT2D eigenvalue weighted by Gasteiger charge is 2.39. The fourth-order valence-corrected chi connectivity index (χ4v) is 5.30. The van der Waals surface area contributed by atoms with Crippen LogP contribution in [-0.2, 0) is 4.74 Å². The number of hydrogen-bond acceptors (Lipinski definition) is 1. The molecule has 0 spiro atoms. The maximum absolute atomic E-state index is 14.2. The van der Waals surface area contributed by atoms with Crippen molar-refractivity contribution in [3.8, 4) is 0 Å². The number of rotatable bonds is 2. The van der Waals surface area contributed by atoms with E-state index in [-0.39, 0.29) is 5.92 Å². The normalized spacial score (nSPS) is 50.7. The Balaban J connectivity index is 1.47. The van der Waals surface area contributed by atoms with Gasteiger partial charge in [-0.05, 0) is 86.9 Å². The molecule has 0 aromatic carbocycles. The average molecular weight is 310 g/mol. The third kappa shape index (κ3) is 3.68. The van der Waals surface area contributed by atoms with E-state index in [1.807, 2.05) is 0 Å². The van der Waals surface area contributed by atoms with Crippen LogP contribution in [0.5, 0.6) is 0 Å². The Morgan fingerprint density at radius 2 is 1.45 bits per heavy atom. The standard InChI is InChI=1S/C20H35FO/c1-13-4-9-20(22-12-13)17-7-5-16(6-8-17)18-10-14(2)15(3)19(21)11-18/h13-20H,4-12H2,1-3H3. The van der Waals surface area contributed by atoms with Gasteiger partial charge >= 0.3 is 0 Å². The summed E-state index contributed by atoms with van der Waals surface area (Å²) in [5.41, 5.74) is 0. The summed E-state index contributed by atoms with van der Waals surface area (Å²) in [6.07, 6.45) is 9.94. The summed E-state index contributed by atoms with van der Waals surface area (Å²) in [7, 11) is 0. The van der Waals surface area contributed by atoms with Crippen LogP contribution >= 0.6 is 0 Å². The number of alkyl halides is 1. The Hall–Kier alpha value is -0.110. The van der Waals surface area contributed by atoms with Crippen molar-refractivity contribution in [3.05, 3.63) is 0 Å². The second-order valence-corrected chi connectivity index (χ2v) is 8.81. The molecule has 6 unspecified atom stereocenters. The van der Waals surface area contributed by atoms with Crippen molar-refractivity contribution in [2.24, 2.45) is 35.5 Å². The molecular weight excluding hydrogens is 275 g/mol. The molecule has 2 aliphatic carbocycles. The van der Waals surface area contributed by atoms with E-state index in [1.54, 1.807) is 0 Å². The number of ether oxygens (including phenoxy) is 1. The van der Waals surface area contributed by atoms with Crippen LogP contribution in [0.25, 0.3) is 0 Å². The topological polar surface area (TPSA) is 9.23 Å². The molecule has 0 bridgehead atoms. The van der Waals surface area contributed by atoms with Gasteiger partial charge in [0.25, 0.3) is 0 Å². The largest absolute Gasteiger partial charge is 0.378 e. The van der Waals surface area contributed by atoms with Gasteiger partial charge in [0.2, 0.25) is 0 Å². The van der Waals surface area contributed by atoms with Crippen molar-refractivity contribution in [1.82, 2.24) is 0 Å².